The maximum Gasteiger partial charge on any atom is 0.167 e. The zero-order valence-electron chi connectivity index (χ0n) is 16.9. The first kappa shape index (κ1) is 18.0. The number of likely N-dealkylation sites (tertiary alicyclic amines) is 1. The van der Waals surface area contributed by atoms with Crippen molar-refractivity contribution in [2.45, 2.75) is 38.5 Å². The molecule has 0 saturated carbocycles. The minimum atomic E-state index is -0.286. The first-order chi connectivity index (χ1) is 13.5. The van der Waals surface area contributed by atoms with Crippen molar-refractivity contribution in [3.63, 3.8) is 0 Å². The van der Waals surface area contributed by atoms with E-state index in [-0.39, 0.29) is 17.1 Å². The summed E-state index contributed by atoms with van der Waals surface area (Å²) in [5.41, 5.74) is 2.41. The maximum atomic E-state index is 6.53. The summed E-state index contributed by atoms with van der Waals surface area (Å²) < 4.78 is 18.5. The zero-order chi connectivity index (χ0) is 19.4. The van der Waals surface area contributed by atoms with Gasteiger partial charge >= 0.3 is 0 Å². The second-order valence-electron chi connectivity index (χ2n) is 9.13. The number of ether oxygens (including phenoxy) is 3. The molecule has 4 heterocycles. The van der Waals surface area contributed by atoms with Crippen LogP contribution < -0.4 is 9.47 Å². The molecule has 1 aromatic carbocycles. The number of benzene rings is 1. The molecule has 2 aromatic rings. The van der Waals surface area contributed by atoms with Gasteiger partial charge in [-0.1, -0.05) is 12.1 Å². The normalized spacial score (nSPS) is 27.2. The van der Waals surface area contributed by atoms with E-state index < -0.39 is 0 Å². The lowest BCUT2D eigenvalue weighted by atomic mass is 9.64. The van der Waals surface area contributed by atoms with E-state index in [0.717, 1.165) is 49.7 Å². The molecular formula is C23H28N2O3. The Hall–Kier alpha value is -2.11. The van der Waals surface area contributed by atoms with E-state index in [1.165, 1.54) is 5.56 Å². The van der Waals surface area contributed by atoms with Crippen LogP contribution in [0.1, 0.15) is 37.5 Å². The Balaban J connectivity index is 1.34. The highest BCUT2D eigenvalue weighted by atomic mass is 16.5. The third-order valence-electron chi connectivity index (χ3n) is 6.65. The van der Waals surface area contributed by atoms with E-state index in [1.54, 1.807) is 7.11 Å². The topological polar surface area (TPSA) is 43.8 Å². The molecule has 3 aliphatic rings. The van der Waals surface area contributed by atoms with E-state index >= 15 is 0 Å². The van der Waals surface area contributed by atoms with E-state index in [1.807, 2.05) is 24.5 Å². The summed E-state index contributed by atoms with van der Waals surface area (Å²) in [6.07, 6.45) is 4.95. The molecule has 1 aromatic heterocycles. The molecular weight excluding hydrogens is 352 g/mol. The second-order valence-corrected chi connectivity index (χ2v) is 9.13. The maximum absolute atomic E-state index is 6.53. The lowest BCUT2D eigenvalue weighted by molar-refractivity contribution is -0.200. The average molecular weight is 380 g/mol. The van der Waals surface area contributed by atoms with Gasteiger partial charge in [0.05, 0.1) is 19.8 Å². The Kier molecular flexibility index (Phi) is 4.14. The number of hydrogen-bond acceptors (Lipinski definition) is 5. The van der Waals surface area contributed by atoms with Gasteiger partial charge in [-0.15, -0.1) is 0 Å². The lowest BCUT2D eigenvalue weighted by Crippen LogP contribution is -2.63. The van der Waals surface area contributed by atoms with Gasteiger partial charge in [0.25, 0.3) is 0 Å². The number of hydrogen-bond donors (Lipinski definition) is 0. The summed E-state index contributed by atoms with van der Waals surface area (Å²) >= 11 is 0. The standard InChI is InChI=1S/C23H28N2O3/c1-22(2)18-11-23(13-25(14-23)12-16-7-9-24-10-8-16)15-27-20(18)17-5-4-6-19(26-3)21(17)28-22/h4-10,18,20H,11-15H2,1-3H3/t18-,20+/m0/s1. The van der Waals surface area contributed by atoms with Crippen LogP contribution in [-0.2, 0) is 11.3 Å². The summed E-state index contributed by atoms with van der Waals surface area (Å²) in [6.45, 7) is 8.34. The van der Waals surface area contributed by atoms with Gasteiger partial charge in [-0.2, -0.15) is 0 Å². The fourth-order valence-electron chi connectivity index (χ4n) is 5.28. The van der Waals surface area contributed by atoms with Crippen LogP contribution in [0, 0.1) is 11.3 Å². The Bertz CT molecular complexity index is 861. The molecule has 5 nitrogen and oxygen atoms in total. The quantitative estimate of drug-likeness (QED) is 0.809. The molecule has 0 N–H and O–H groups in total. The molecule has 2 atom stereocenters. The van der Waals surface area contributed by atoms with Crippen LogP contribution in [0.15, 0.2) is 42.7 Å². The summed E-state index contributed by atoms with van der Waals surface area (Å²) in [6, 6.07) is 10.3. The SMILES string of the molecule is COc1cccc2c1OC(C)(C)[C@H]1CC3(CO[C@H]21)CN(Cc1ccncc1)C3. The number of rotatable bonds is 3. The third-order valence-corrected chi connectivity index (χ3v) is 6.65. The number of fused-ring (bicyclic) bond motifs is 3. The molecule has 0 amide bonds. The van der Waals surface area contributed by atoms with Crippen molar-refractivity contribution in [3.05, 3.63) is 53.9 Å². The monoisotopic (exact) mass is 380 g/mol. The highest BCUT2D eigenvalue weighted by molar-refractivity contribution is 5.50. The van der Waals surface area contributed by atoms with Crippen LogP contribution >= 0.6 is 0 Å². The van der Waals surface area contributed by atoms with E-state index in [9.17, 15) is 0 Å². The Morgan fingerprint density at radius 3 is 2.71 bits per heavy atom. The Morgan fingerprint density at radius 2 is 1.96 bits per heavy atom. The van der Waals surface area contributed by atoms with Crippen LogP contribution in [0.5, 0.6) is 11.5 Å². The number of nitrogens with zero attached hydrogens (tertiary/aromatic N) is 2. The molecule has 0 unspecified atom stereocenters. The molecule has 2 fully saturated rings. The van der Waals surface area contributed by atoms with Crippen molar-refractivity contribution >= 4 is 0 Å². The van der Waals surface area contributed by atoms with Gasteiger partial charge in [0, 0.05) is 48.9 Å². The van der Waals surface area contributed by atoms with Gasteiger partial charge in [0.15, 0.2) is 11.5 Å². The van der Waals surface area contributed by atoms with Crippen molar-refractivity contribution in [2.75, 3.05) is 26.8 Å². The molecule has 0 bridgehead atoms. The first-order valence-electron chi connectivity index (χ1n) is 10.1. The van der Waals surface area contributed by atoms with Crippen LogP contribution in [0.2, 0.25) is 0 Å². The predicted molar refractivity (Wildman–Crippen MR) is 106 cm³/mol. The van der Waals surface area contributed by atoms with Gasteiger partial charge in [-0.3, -0.25) is 9.88 Å². The second kappa shape index (κ2) is 6.46. The van der Waals surface area contributed by atoms with Gasteiger partial charge in [0.1, 0.15) is 5.60 Å². The zero-order valence-corrected chi connectivity index (χ0v) is 16.9. The highest BCUT2D eigenvalue weighted by Crippen LogP contribution is 2.56. The minimum Gasteiger partial charge on any atom is -0.493 e. The summed E-state index contributed by atoms with van der Waals surface area (Å²) in [7, 11) is 1.69. The largest absolute Gasteiger partial charge is 0.493 e. The number of para-hydroxylation sites is 1. The smallest absolute Gasteiger partial charge is 0.167 e. The third kappa shape index (κ3) is 2.88. The fraction of sp³-hybridized carbons (Fsp3) is 0.522. The molecule has 0 aliphatic carbocycles. The van der Waals surface area contributed by atoms with Crippen molar-refractivity contribution in [1.29, 1.82) is 0 Å². The van der Waals surface area contributed by atoms with E-state index in [0.29, 0.717) is 5.92 Å². The summed E-state index contributed by atoms with van der Waals surface area (Å²) in [4.78, 5) is 6.62. The minimum absolute atomic E-state index is 0.0775. The molecule has 5 heteroatoms. The van der Waals surface area contributed by atoms with E-state index in [2.05, 4.69) is 41.9 Å². The molecule has 1 spiro atoms. The van der Waals surface area contributed by atoms with Gasteiger partial charge in [-0.25, -0.2) is 0 Å². The van der Waals surface area contributed by atoms with Crippen LogP contribution in [0.4, 0.5) is 0 Å². The van der Waals surface area contributed by atoms with Gasteiger partial charge < -0.3 is 14.2 Å². The Morgan fingerprint density at radius 1 is 1.18 bits per heavy atom. The molecule has 0 radical (unpaired) electrons. The number of pyridine rings is 1. The van der Waals surface area contributed by atoms with E-state index in [4.69, 9.17) is 14.2 Å². The summed E-state index contributed by atoms with van der Waals surface area (Å²) in [5, 5.41) is 0. The number of methoxy groups -OCH3 is 1. The molecule has 2 saturated heterocycles. The average Bonchev–Trinajstić information content (AvgIpc) is 2.67. The predicted octanol–water partition coefficient (Wildman–Crippen LogP) is 3.84. The van der Waals surface area contributed by atoms with Crippen molar-refractivity contribution in [2.24, 2.45) is 11.3 Å². The molecule has 28 heavy (non-hydrogen) atoms. The van der Waals surface area contributed by atoms with Crippen LogP contribution in [0.25, 0.3) is 0 Å². The van der Waals surface area contributed by atoms with Crippen LogP contribution in [-0.4, -0.2) is 42.3 Å². The first-order valence-corrected chi connectivity index (χ1v) is 10.1. The number of aromatic nitrogens is 1. The molecule has 3 aliphatic heterocycles. The van der Waals surface area contributed by atoms with Crippen molar-refractivity contribution in [1.82, 2.24) is 9.88 Å². The molecule has 5 rings (SSSR count). The van der Waals surface area contributed by atoms with Crippen molar-refractivity contribution < 1.29 is 14.2 Å². The lowest BCUT2D eigenvalue weighted by Gasteiger charge is -2.58. The van der Waals surface area contributed by atoms with Crippen molar-refractivity contribution in [3.8, 4) is 11.5 Å². The summed E-state index contributed by atoms with van der Waals surface area (Å²) in [5.74, 6) is 1.98. The molecule has 148 valence electrons. The van der Waals surface area contributed by atoms with Gasteiger partial charge in [-0.05, 0) is 44.0 Å². The Labute approximate surface area is 166 Å². The van der Waals surface area contributed by atoms with Gasteiger partial charge in [0.2, 0.25) is 0 Å². The fourth-order valence-corrected chi connectivity index (χ4v) is 5.28. The van der Waals surface area contributed by atoms with Crippen LogP contribution in [0.3, 0.4) is 0 Å². The highest BCUT2D eigenvalue weighted by Gasteiger charge is 2.56.